The number of nitrogens with one attached hydrogen (secondary N) is 2. The molecule has 2 amide bonds. The lowest BCUT2D eigenvalue weighted by molar-refractivity contribution is -0.137. The SMILES string of the molecule is CCCOc1cccc(CCNC(=O)NCCCC(=O)O)c1. The minimum Gasteiger partial charge on any atom is -0.494 e. The zero-order chi connectivity index (χ0) is 16.2. The van der Waals surface area contributed by atoms with Crippen molar-refractivity contribution >= 4 is 12.0 Å². The van der Waals surface area contributed by atoms with E-state index in [0.29, 0.717) is 32.5 Å². The van der Waals surface area contributed by atoms with Gasteiger partial charge < -0.3 is 20.5 Å². The van der Waals surface area contributed by atoms with Crippen molar-refractivity contribution in [2.24, 2.45) is 0 Å². The van der Waals surface area contributed by atoms with Crippen LogP contribution in [-0.4, -0.2) is 36.8 Å². The predicted molar refractivity (Wildman–Crippen MR) is 84.2 cm³/mol. The fourth-order valence-corrected chi connectivity index (χ4v) is 1.84. The van der Waals surface area contributed by atoms with Crippen molar-refractivity contribution in [1.82, 2.24) is 10.6 Å². The Balaban J connectivity index is 2.20. The van der Waals surface area contributed by atoms with E-state index in [0.717, 1.165) is 17.7 Å². The van der Waals surface area contributed by atoms with Crippen molar-refractivity contribution in [2.75, 3.05) is 19.7 Å². The highest BCUT2D eigenvalue weighted by molar-refractivity contribution is 5.73. The molecule has 1 aromatic rings. The highest BCUT2D eigenvalue weighted by Crippen LogP contribution is 2.13. The van der Waals surface area contributed by atoms with Crippen LogP contribution in [-0.2, 0) is 11.2 Å². The van der Waals surface area contributed by atoms with Gasteiger partial charge in [-0.2, -0.15) is 0 Å². The van der Waals surface area contributed by atoms with Gasteiger partial charge in [0.2, 0.25) is 0 Å². The molecule has 0 bridgehead atoms. The van der Waals surface area contributed by atoms with Crippen molar-refractivity contribution in [3.8, 4) is 5.75 Å². The normalized spacial score (nSPS) is 10.0. The Labute approximate surface area is 130 Å². The van der Waals surface area contributed by atoms with Gasteiger partial charge in [-0.1, -0.05) is 19.1 Å². The molecule has 0 heterocycles. The van der Waals surface area contributed by atoms with Crippen LogP contribution in [0, 0.1) is 0 Å². The third-order valence-corrected chi connectivity index (χ3v) is 2.92. The van der Waals surface area contributed by atoms with Gasteiger partial charge in [0.15, 0.2) is 0 Å². The van der Waals surface area contributed by atoms with Gasteiger partial charge in [0.1, 0.15) is 5.75 Å². The molecule has 0 atom stereocenters. The Kier molecular flexibility index (Phi) is 8.49. The molecule has 0 aliphatic carbocycles. The second-order valence-corrected chi connectivity index (χ2v) is 4.93. The molecule has 0 saturated carbocycles. The summed E-state index contributed by atoms with van der Waals surface area (Å²) in [5.41, 5.74) is 1.10. The monoisotopic (exact) mass is 308 g/mol. The summed E-state index contributed by atoms with van der Waals surface area (Å²) in [6, 6.07) is 7.55. The van der Waals surface area contributed by atoms with Gasteiger partial charge >= 0.3 is 12.0 Å². The Bertz CT molecular complexity index is 477. The number of carbonyl (C=O) groups is 2. The number of carboxylic acids is 1. The first kappa shape index (κ1) is 17.8. The fraction of sp³-hybridized carbons (Fsp3) is 0.500. The number of carbonyl (C=O) groups excluding carboxylic acids is 1. The van der Waals surface area contributed by atoms with Crippen LogP contribution in [0.3, 0.4) is 0 Å². The van der Waals surface area contributed by atoms with Gasteiger partial charge in [-0.15, -0.1) is 0 Å². The van der Waals surface area contributed by atoms with E-state index >= 15 is 0 Å². The molecule has 0 radical (unpaired) electrons. The van der Waals surface area contributed by atoms with Crippen molar-refractivity contribution in [3.63, 3.8) is 0 Å². The minimum absolute atomic E-state index is 0.0603. The van der Waals surface area contributed by atoms with E-state index in [9.17, 15) is 9.59 Å². The number of ether oxygens (including phenoxy) is 1. The van der Waals surface area contributed by atoms with E-state index in [2.05, 4.69) is 17.6 Å². The zero-order valence-corrected chi connectivity index (χ0v) is 12.9. The van der Waals surface area contributed by atoms with Gasteiger partial charge in [-0.05, 0) is 37.0 Å². The molecule has 3 N–H and O–H groups in total. The topological polar surface area (TPSA) is 87.7 Å². The first-order valence-corrected chi connectivity index (χ1v) is 7.57. The molecule has 0 aliphatic rings. The summed E-state index contributed by atoms with van der Waals surface area (Å²) in [4.78, 5) is 21.8. The van der Waals surface area contributed by atoms with Crippen LogP contribution in [0.2, 0.25) is 0 Å². The quantitative estimate of drug-likeness (QED) is 0.578. The number of rotatable bonds is 10. The molecule has 122 valence electrons. The molecule has 0 saturated heterocycles. The second-order valence-electron chi connectivity index (χ2n) is 4.93. The summed E-state index contributed by atoms with van der Waals surface area (Å²) >= 11 is 0. The Morgan fingerprint density at radius 1 is 1.23 bits per heavy atom. The summed E-state index contributed by atoms with van der Waals surface area (Å²) in [6.07, 6.45) is 2.17. The first-order chi connectivity index (χ1) is 10.6. The lowest BCUT2D eigenvalue weighted by Crippen LogP contribution is -2.37. The molecule has 6 nitrogen and oxygen atoms in total. The van der Waals surface area contributed by atoms with Gasteiger partial charge in [-0.25, -0.2) is 4.79 Å². The summed E-state index contributed by atoms with van der Waals surface area (Å²) in [5.74, 6) is -0.00939. The smallest absolute Gasteiger partial charge is 0.314 e. The van der Waals surface area contributed by atoms with E-state index in [-0.39, 0.29) is 12.5 Å². The molecule has 0 spiro atoms. The third kappa shape index (κ3) is 8.14. The molecule has 22 heavy (non-hydrogen) atoms. The minimum atomic E-state index is -0.854. The fourth-order valence-electron chi connectivity index (χ4n) is 1.84. The standard InChI is InChI=1S/C16H24N2O4/c1-2-11-22-14-6-3-5-13(12-14)8-10-18-16(21)17-9-4-7-15(19)20/h3,5-6,12H,2,4,7-11H2,1H3,(H,19,20)(H2,17,18,21). The summed E-state index contributed by atoms with van der Waals surface area (Å²) in [5, 5.41) is 13.9. The lowest BCUT2D eigenvalue weighted by atomic mass is 10.1. The van der Waals surface area contributed by atoms with Crippen LogP contribution in [0.15, 0.2) is 24.3 Å². The molecular weight excluding hydrogens is 284 g/mol. The number of amides is 2. The van der Waals surface area contributed by atoms with Gasteiger partial charge in [0.05, 0.1) is 6.61 Å². The van der Waals surface area contributed by atoms with Crippen molar-refractivity contribution < 1.29 is 19.4 Å². The number of aliphatic carboxylic acids is 1. The predicted octanol–water partition coefficient (Wildman–Crippen LogP) is 2.18. The van der Waals surface area contributed by atoms with Gasteiger partial charge in [-0.3, -0.25) is 4.79 Å². The first-order valence-electron chi connectivity index (χ1n) is 7.57. The largest absolute Gasteiger partial charge is 0.494 e. The van der Waals surface area contributed by atoms with Crippen LogP contribution in [0.25, 0.3) is 0 Å². The molecule has 0 aliphatic heterocycles. The average Bonchev–Trinajstić information content (AvgIpc) is 2.50. The highest BCUT2D eigenvalue weighted by Gasteiger charge is 2.02. The van der Waals surface area contributed by atoms with E-state index < -0.39 is 5.97 Å². The summed E-state index contributed by atoms with van der Waals surface area (Å²) in [7, 11) is 0. The second kappa shape index (κ2) is 10.5. The Morgan fingerprint density at radius 3 is 2.73 bits per heavy atom. The van der Waals surface area contributed by atoms with E-state index in [1.54, 1.807) is 0 Å². The Morgan fingerprint density at radius 2 is 2.00 bits per heavy atom. The van der Waals surface area contributed by atoms with E-state index in [1.807, 2.05) is 24.3 Å². The van der Waals surface area contributed by atoms with E-state index in [1.165, 1.54) is 0 Å². The third-order valence-electron chi connectivity index (χ3n) is 2.92. The Hall–Kier alpha value is -2.24. The summed E-state index contributed by atoms with van der Waals surface area (Å²) in [6.45, 7) is 3.63. The number of carboxylic acid groups (broad SMARTS) is 1. The van der Waals surface area contributed by atoms with E-state index in [4.69, 9.17) is 9.84 Å². The maximum Gasteiger partial charge on any atom is 0.314 e. The molecular formula is C16H24N2O4. The molecule has 1 aromatic carbocycles. The maximum atomic E-state index is 11.5. The summed E-state index contributed by atoms with van der Waals surface area (Å²) < 4.78 is 5.56. The van der Waals surface area contributed by atoms with Crippen LogP contribution in [0.4, 0.5) is 4.79 Å². The number of hydrogen-bond acceptors (Lipinski definition) is 3. The van der Waals surface area contributed by atoms with Crippen LogP contribution >= 0.6 is 0 Å². The van der Waals surface area contributed by atoms with Crippen LogP contribution in [0.1, 0.15) is 31.7 Å². The number of benzene rings is 1. The van der Waals surface area contributed by atoms with Crippen molar-refractivity contribution in [1.29, 1.82) is 0 Å². The highest BCUT2D eigenvalue weighted by atomic mass is 16.5. The molecule has 0 aromatic heterocycles. The zero-order valence-electron chi connectivity index (χ0n) is 12.9. The van der Waals surface area contributed by atoms with Crippen LogP contribution < -0.4 is 15.4 Å². The maximum absolute atomic E-state index is 11.5. The molecule has 0 unspecified atom stereocenters. The lowest BCUT2D eigenvalue weighted by Gasteiger charge is -2.09. The molecule has 6 heteroatoms. The number of urea groups is 1. The number of hydrogen-bond donors (Lipinski definition) is 3. The van der Waals surface area contributed by atoms with Gasteiger partial charge in [0.25, 0.3) is 0 Å². The van der Waals surface area contributed by atoms with Crippen molar-refractivity contribution in [2.45, 2.75) is 32.6 Å². The van der Waals surface area contributed by atoms with Crippen molar-refractivity contribution in [3.05, 3.63) is 29.8 Å². The van der Waals surface area contributed by atoms with Crippen LogP contribution in [0.5, 0.6) is 5.75 Å². The average molecular weight is 308 g/mol. The molecule has 1 rings (SSSR count). The van der Waals surface area contributed by atoms with Gasteiger partial charge in [0, 0.05) is 19.5 Å². The molecule has 0 fully saturated rings.